The zero-order valence-corrected chi connectivity index (χ0v) is 9.25. The fraction of sp³-hybridized carbons (Fsp3) is 0.500. The van der Waals surface area contributed by atoms with Gasteiger partial charge in [-0.1, -0.05) is 0 Å². The number of aryl methyl sites for hydroxylation is 1. The molecule has 2 aliphatic rings. The van der Waals surface area contributed by atoms with E-state index < -0.39 is 5.60 Å². The number of piperidine rings is 1. The second-order valence-electron chi connectivity index (χ2n) is 4.48. The van der Waals surface area contributed by atoms with E-state index >= 15 is 0 Å². The first-order valence-electron chi connectivity index (χ1n) is 5.63. The number of nitrogens with one attached hydrogen (secondary N) is 1. The van der Waals surface area contributed by atoms with E-state index in [0.29, 0.717) is 5.56 Å². The molecule has 0 atom stereocenters. The standard InChI is InChI=1S/C12H14N2O2/c1-8-2-3-9-10(14-8)12(16-11(9)15)4-6-13-7-5-12/h2-3,13H,4-7H2,1H3. The Kier molecular flexibility index (Phi) is 2.01. The molecule has 1 fully saturated rings. The Morgan fingerprint density at radius 2 is 2.12 bits per heavy atom. The van der Waals surface area contributed by atoms with Crippen LogP contribution in [0.2, 0.25) is 0 Å². The van der Waals surface area contributed by atoms with Gasteiger partial charge in [-0.2, -0.15) is 0 Å². The molecule has 1 aromatic heterocycles. The summed E-state index contributed by atoms with van der Waals surface area (Å²) in [5.74, 6) is -0.218. The number of carbonyl (C=O) groups is 1. The number of aromatic nitrogens is 1. The molecule has 0 aliphatic carbocycles. The maximum Gasteiger partial charge on any atom is 0.341 e. The third-order valence-electron chi connectivity index (χ3n) is 3.39. The normalized spacial score (nSPS) is 21.9. The van der Waals surface area contributed by atoms with Crippen molar-refractivity contribution in [3.8, 4) is 0 Å². The highest BCUT2D eigenvalue weighted by Gasteiger charge is 2.47. The Morgan fingerprint density at radius 1 is 1.38 bits per heavy atom. The van der Waals surface area contributed by atoms with Gasteiger partial charge in [-0.3, -0.25) is 4.98 Å². The fourth-order valence-corrected chi connectivity index (χ4v) is 2.52. The highest BCUT2D eigenvalue weighted by Crippen LogP contribution is 2.41. The molecular formula is C12H14N2O2. The molecule has 84 valence electrons. The molecule has 1 spiro atoms. The predicted molar refractivity (Wildman–Crippen MR) is 58.2 cm³/mol. The molecule has 4 nitrogen and oxygen atoms in total. The molecular weight excluding hydrogens is 204 g/mol. The van der Waals surface area contributed by atoms with Gasteiger partial charge in [0, 0.05) is 18.5 Å². The molecule has 0 radical (unpaired) electrons. The molecule has 3 heterocycles. The van der Waals surface area contributed by atoms with Crippen molar-refractivity contribution in [2.24, 2.45) is 0 Å². The summed E-state index contributed by atoms with van der Waals surface area (Å²) in [5, 5.41) is 3.28. The minimum absolute atomic E-state index is 0.218. The quantitative estimate of drug-likeness (QED) is 0.663. The van der Waals surface area contributed by atoms with E-state index in [1.165, 1.54) is 0 Å². The van der Waals surface area contributed by atoms with E-state index in [4.69, 9.17) is 4.74 Å². The molecule has 0 amide bonds. The number of rotatable bonds is 0. The molecule has 0 unspecified atom stereocenters. The number of fused-ring (bicyclic) bond motifs is 2. The third-order valence-corrected chi connectivity index (χ3v) is 3.39. The number of carbonyl (C=O) groups excluding carboxylic acids is 1. The van der Waals surface area contributed by atoms with Crippen LogP contribution < -0.4 is 5.32 Å². The number of ether oxygens (including phenoxy) is 1. The first-order valence-corrected chi connectivity index (χ1v) is 5.63. The third kappa shape index (κ3) is 1.26. The maximum atomic E-state index is 11.8. The molecule has 0 aromatic carbocycles. The summed E-state index contributed by atoms with van der Waals surface area (Å²) in [5.41, 5.74) is 1.98. The summed E-state index contributed by atoms with van der Waals surface area (Å²) in [6.45, 7) is 3.70. The van der Waals surface area contributed by atoms with Gasteiger partial charge < -0.3 is 10.1 Å². The molecule has 1 N–H and O–H groups in total. The van der Waals surface area contributed by atoms with Gasteiger partial charge in [0.25, 0.3) is 0 Å². The summed E-state index contributed by atoms with van der Waals surface area (Å²) in [6, 6.07) is 3.69. The highest BCUT2D eigenvalue weighted by molar-refractivity contribution is 5.94. The lowest BCUT2D eigenvalue weighted by Gasteiger charge is -2.32. The average Bonchev–Trinajstić information content (AvgIpc) is 2.53. The van der Waals surface area contributed by atoms with E-state index in [0.717, 1.165) is 37.3 Å². The van der Waals surface area contributed by atoms with Gasteiger partial charge in [-0.25, -0.2) is 4.79 Å². The van der Waals surface area contributed by atoms with Gasteiger partial charge in [0.1, 0.15) is 0 Å². The van der Waals surface area contributed by atoms with Gasteiger partial charge in [-0.15, -0.1) is 0 Å². The molecule has 4 heteroatoms. The Balaban J connectivity index is 2.12. The van der Waals surface area contributed by atoms with Crippen LogP contribution in [0.1, 0.15) is 34.6 Å². The van der Waals surface area contributed by atoms with Crippen LogP contribution >= 0.6 is 0 Å². The smallest absolute Gasteiger partial charge is 0.341 e. The highest BCUT2D eigenvalue weighted by atomic mass is 16.6. The number of pyridine rings is 1. The van der Waals surface area contributed by atoms with Crippen molar-refractivity contribution in [1.29, 1.82) is 0 Å². The molecule has 3 rings (SSSR count). The zero-order valence-electron chi connectivity index (χ0n) is 9.25. The van der Waals surface area contributed by atoms with Crippen LogP contribution in [0.3, 0.4) is 0 Å². The summed E-state index contributed by atoms with van der Waals surface area (Å²) in [7, 11) is 0. The fourth-order valence-electron chi connectivity index (χ4n) is 2.52. The van der Waals surface area contributed by atoms with Gasteiger partial charge in [0.2, 0.25) is 0 Å². The monoisotopic (exact) mass is 218 g/mol. The Labute approximate surface area is 94.0 Å². The second kappa shape index (κ2) is 3.28. The van der Waals surface area contributed by atoms with Crippen molar-refractivity contribution in [2.75, 3.05) is 13.1 Å². The maximum absolute atomic E-state index is 11.8. The second-order valence-corrected chi connectivity index (χ2v) is 4.48. The number of hydrogen-bond acceptors (Lipinski definition) is 4. The molecule has 16 heavy (non-hydrogen) atoms. The molecule has 1 saturated heterocycles. The molecule has 0 bridgehead atoms. The van der Waals surface area contributed by atoms with Crippen molar-refractivity contribution >= 4 is 5.97 Å². The predicted octanol–water partition coefficient (Wildman–Crippen LogP) is 1.14. The van der Waals surface area contributed by atoms with Crippen molar-refractivity contribution in [3.63, 3.8) is 0 Å². The van der Waals surface area contributed by atoms with Crippen molar-refractivity contribution in [3.05, 3.63) is 29.1 Å². The summed E-state index contributed by atoms with van der Waals surface area (Å²) < 4.78 is 5.57. The van der Waals surface area contributed by atoms with E-state index in [1.807, 2.05) is 19.1 Å². The average molecular weight is 218 g/mol. The van der Waals surface area contributed by atoms with Gasteiger partial charge >= 0.3 is 5.97 Å². The van der Waals surface area contributed by atoms with Crippen LogP contribution in [-0.2, 0) is 10.3 Å². The Bertz CT molecular complexity index is 450. The van der Waals surface area contributed by atoms with Crippen LogP contribution in [0.4, 0.5) is 0 Å². The molecule has 0 saturated carbocycles. The number of hydrogen-bond donors (Lipinski definition) is 1. The number of esters is 1. The van der Waals surface area contributed by atoms with E-state index in [1.54, 1.807) is 0 Å². The van der Waals surface area contributed by atoms with E-state index in [-0.39, 0.29) is 5.97 Å². The lowest BCUT2D eigenvalue weighted by molar-refractivity contribution is -0.0260. The minimum Gasteiger partial charge on any atom is -0.449 e. The van der Waals surface area contributed by atoms with Crippen LogP contribution in [0.5, 0.6) is 0 Å². The lowest BCUT2D eigenvalue weighted by Crippen LogP contribution is -2.40. The summed E-state index contributed by atoms with van der Waals surface area (Å²) in [4.78, 5) is 16.3. The Hall–Kier alpha value is -1.42. The van der Waals surface area contributed by atoms with Crippen molar-refractivity contribution in [1.82, 2.24) is 10.3 Å². The van der Waals surface area contributed by atoms with Crippen LogP contribution in [0.25, 0.3) is 0 Å². The van der Waals surface area contributed by atoms with Gasteiger partial charge in [0.05, 0.1) is 11.3 Å². The topological polar surface area (TPSA) is 51.2 Å². The van der Waals surface area contributed by atoms with Crippen LogP contribution in [0.15, 0.2) is 12.1 Å². The van der Waals surface area contributed by atoms with Gasteiger partial charge in [-0.05, 0) is 32.1 Å². The molecule has 1 aromatic rings. The first-order chi connectivity index (χ1) is 7.71. The lowest BCUT2D eigenvalue weighted by atomic mass is 9.88. The van der Waals surface area contributed by atoms with E-state index in [2.05, 4.69) is 10.3 Å². The van der Waals surface area contributed by atoms with Crippen molar-refractivity contribution in [2.45, 2.75) is 25.4 Å². The van der Waals surface area contributed by atoms with Crippen LogP contribution in [-0.4, -0.2) is 24.0 Å². The number of nitrogens with zero attached hydrogens (tertiary/aromatic N) is 1. The largest absolute Gasteiger partial charge is 0.449 e. The van der Waals surface area contributed by atoms with E-state index in [9.17, 15) is 4.79 Å². The van der Waals surface area contributed by atoms with Crippen molar-refractivity contribution < 1.29 is 9.53 Å². The van der Waals surface area contributed by atoms with Gasteiger partial charge in [0.15, 0.2) is 5.60 Å². The Morgan fingerprint density at radius 3 is 2.88 bits per heavy atom. The first kappa shape index (κ1) is 9.78. The summed E-state index contributed by atoms with van der Waals surface area (Å²) in [6.07, 6.45) is 1.64. The SMILES string of the molecule is Cc1ccc2c(n1)C1(CCNCC1)OC2=O. The summed E-state index contributed by atoms with van der Waals surface area (Å²) >= 11 is 0. The van der Waals surface area contributed by atoms with Crippen LogP contribution in [0, 0.1) is 6.92 Å². The zero-order chi connectivity index (χ0) is 11.2. The molecule has 2 aliphatic heterocycles. The minimum atomic E-state index is -0.455.